The molecule has 5 heteroatoms. The Hall–Kier alpha value is -1.72. The van der Waals surface area contributed by atoms with Crippen LogP contribution >= 0.6 is 0 Å². The average Bonchev–Trinajstić information content (AvgIpc) is 3.10. The predicted molar refractivity (Wildman–Crippen MR) is 69.5 cm³/mol. The lowest BCUT2D eigenvalue weighted by molar-refractivity contribution is 0.102. The van der Waals surface area contributed by atoms with E-state index in [4.69, 9.17) is 9.47 Å². The Morgan fingerprint density at radius 3 is 2.95 bits per heavy atom. The van der Waals surface area contributed by atoms with Crippen molar-refractivity contribution in [3.63, 3.8) is 0 Å². The second-order valence-electron chi connectivity index (χ2n) is 4.68. The summed E-state index contributed by atoms with van der Waals surface area (Å²) in [5.74, 6) is 1.95. The van der Waals surface area contributed by atoms with Gasteiger partial charge in [-0.1, -0.05) is 30.3 Å². The van der Waals surface area contributed by atoms with E-state index in [-0.39, 0.29) is 0 Å². The van der Waals surface area contributed by atoms with Crippen LogP contribution in [0.15, 0.2) is 30.3 Å². The molecule has 0 amide bonds. The Bertz CT molecular complexity index is 506. The molecule has 1 aliphatic heterocycles. The van der Waals surface area contributed by atoms with Crippen molar-refractivity contribution >= 4 is 0 Å². The van der Waals surface area contributed by atoms with Crippen LogP contribution in [0.5, 0.6) is 0 Å². The zero-order valence-corrected chi connectivity index (χ0v) is 10.7. The summed E-state index contributed by atoms with van der Waals surface area (Å²) in [7, 11) is 0. The largest absolute Gasteiger partial charge is 0.381 e. The third kappa shape index (κ3) is 3.19. The molecule has 1 aromatic carbocycles. The SMILES string of the molecule is c1ccc(COCc2nc([C@H]3CCOC3)n[nH]2)cc1. The van der Waals surface area contributed by atoms with Crippen LogP contribution in [0.4, 0.5) is 0 Å². The fourth-order valence-corrected chi connectivity index (χ4v) is 2.14. The molecule has 1 N–H and O–H groups in total. The number of H-pyrrole nitrogens is 1. The van der Waals surface area contributed by atoms with E-state index < -0.39 is 0 Å². The molecule has 3 rings (SSSR count). The number of nitrogens with one attached hydrogen (secondary N) is 1. The van der Waals surface area contributed by atoms with Crippen molar-refractivity contribution in [2.24, 2.45) is 0 Å². The summed E-state index contributed by atoms with van der Waals surface area (Å²) in [5, 5.41) is 7.15. The van der Waals surface area contributed by atoms with Gasteiger partial charge in [0.25, 0.3) is 0 Å². The maximum atomic E-state index is 5.62. The molecule has 2 aromatic rings. The zero-order chi connectivity index (χ0) is 12.9. The minimum Gasteiger partial charge on any atom is -0.381 e. The van der Waals surface area contributed by atoms with Crippen molar-refractivity contribution in [3.8, 4) is 0 Å². The summed E-state index contributed by atoms with van der Waals surface area (Å²) >= 11 is 0. The molecule has 0 bridgehead atoms. The molecule has 0 radical (unpaired) electrons. The standard InChI is InChI=1S/C14H17N3O2/c1-2-4-11(5-3-1)8-19-10-13-15-14(17-16-13)12-6-7-18-9-12/h1-5,12H,6-10H2,(H,15,16,17)/t12-/m0/s1. The molecule has 100 valence electrons. The molecule has 1 atom stereocenters. The third-order valence-corrected chi connectivity index (χ3v) is 3.19. The van der Waals surface area contributed by atoms with Crippen molar-refractivity contribution < 1.29 is 9.47 Å². The van der Waals surface area contributed by atoms with Crippen LogP contribution in [0, 0.1) is 0 Å². The van der Waals surface area contributed by atoms with E-state index >= 15 is 0 Å². The van der Waals surface area contributed by atoms with Gasteiger partial charge in [0, 0.05) is 12.5 Å². The molecule has 1 saturated heterocycles. The first-order valence-electron chi connectivity index (χ1n) is 6.52. The lowest BCUT2D eigenvalue weighted by Gasteiger charge is -2.02. The van der Waals surface area contributed by atoms with Gasteiger partial charge in [-0.2, -0.15) is 5.10 Å². The smallest absolute Gasteiger partial charge is 0.156 e. The second-order valence-corrected chi connectivity index (χ2v) is 4.68. The van der Waals surface area contributed by atoms with E-state index in [0.717, 1.165) is 36.8 Å². The van der Waals surface area contributed by atoms with Gasteiger partial charge in [-0.05, 0) is 12.0 Å². The van der Waals surface area contributed by atoms with Crippen LogP contribution in [0.3, 0.4) is 0 Å². The van der Waals surface area contributed by atoms with Gasteiger partial charge in [-0.3, -0.25) is 5.10 Å². The van der Waals surface area contributed by atoms with Crippen LogP contribution in [0.25, 0.3) is 0 Å². The quantitative estimate of drug-likeness (QED) is 0.892. The number of nitrogens with zero attached hydrogens (tertiary/aromatic N) is 2. The van der Waals surface area contributed by atoms with Gasteiger partial charge >= 0.3 is 0 Å². The number of rotatable bonds is 5. The third-order valence-electron chi connectivity index (χ3n) is 3.19. The van der Waals surface area contributed by atoms with Crippen molar-refractivity contribution in [1.29, 1.82) is 0 Å². The Kier molecular flexibility index (Phi) is 3.86. The average molecular weight is 259 g/mol. The van der Waals surface area contributed by atoms with E-state index in [2.05, 4.69) is 15.2 Å². The van der Waals surface area contributed by atoms with E-state index in [0.29, 0.717) is 19.1 Å². The Labute approximate surface area is 112 Å². The van der Waals surface area contributed by atoms with Crippen molar-refractivity contribution in [1.82, 2.24) is 15.2 Å². The molecule has 1 fully saturated rings. The fraction of sp³-hybridized carbons (Fsp3) is 0.429. The first-order valence-corrected chi connectivity index (χ1v) is 6.52. The summed E-state index contributed by atoms with van der Waals surface area (Å²) in [6, 6.07) is 10.1. The molecule has 0 spiro atoms. The van der Waals surface area contributed by atoms with Crippen LogP contribution in [0.1, 0.15) is 29.6 Å². The molecule has 19 heavy (non-hydrogen) atoms. The van der Waals surface area contributed by atoms with Crippen LogP contribution in [-0.4, -0.2) is 28.4 Å². The van der Waals surface area contributed by atoms with Crippen LogP contribution in [0.2, 0.25) is 0 Å². The summed E-state index contributed by atoms with van der Waals surface area (Å²) in [6.45, 7) is 2.57. The van der Waals surface area contributed by atoms with Gasteiger partial charge in [0.05, 0.1) is 13.2 Å². The molecular formula is C14H17N3O2. The predicted octanol–water partition coefficient (Wildman–Crippen LogP) is 2.03. The van der Waals surface area contributed by atoms with Gasteiger partial charge in [0.15, 0.2) is 11.6 Å². The molecule has 0 unspecified atom stereocenters. The number of ether oxygens (including phenoxy) is 2. The molecular weight excluding hydrogens is 242 g/mol. The van der Waals surface area contributed by atoms with Gasteiger partial charge in [-0.25, -0.2) is 4.98 Å². The topological polar surface area (TPSA) is 60.0 Å². The Morgan fingerprint density at radius 1 is 1.26 bits per heavy atom. The van der Waals surface area contributed by atoms with E-state index in [1.807, 2.05) is 30.3 Å². The van der Waals surface area contributed by atoms with Crippen molar-refractivity contribution in [3.05, 3.63) is 47.5 Å². The highest BCUT2D eigenvalue weighted by atomic mass is 16.5. The van der Waals surface area contributed by atoms with Gasteiger partial charge in [-0.15, -0.1) is 0 Å². The van der Waals surface area contributed by atoms with Crippen molar-refractivity contribution in [2.45, 2.75) is 25.6 Å². The summed E-state index contributed by atoms with van der Waals surface area (Å²) in [6.07, 6.45) is 1.00. The number of hydrogen-bond acceptors (Lipinski definition) is 4. The summed E-state index contributed by atoms with van der Waals surface area (Å²) in [5.41, 5.74) is 1.16. The number of aromatic amines is 1. The van der Waals surface area contributed by atoms with Crippen LogP contribution in [-0.2, 0) is 22.7 Å². The van der Waals surface area contributed by atoms with Gasteiger partial charge in [0.2, 0.25) is 0 Å². The first kappa shape index (κ1) is 12.3. The van der Waals surface area contributed by atoms with Gasteiger partial charge < -0.3 is 9.47 Å². The highest BCUT2D eigenvalue weighted by Crippen LogP contribution is 2.21. The normalized spacial score (nSPS) is 18.8. The molecule has 5 nitrogen and oxygen atoms in total. The summed E-state index contributed by atoms with van der Waals surface area (Å²) in [4.78, 5) is 4.45. The molecule has 1 aromatic heterocycles. The number of benzene rings is 1. The van der Waals surface area contributed by atoms with Gasteiger partial charge in [0.1, 0.15) is 6.61 Å². The Balaban J connectivity index is 1.50. The maximum absolute atomic E-state index is 5.62. The van der Waals surface area contributed by atoms with E-state index in [1.165, 1.54) is 0 Å². The zero-order valence-electron chi connectivity index (χ0n) is 10.7. The second kappa shape index (κ2) is 5.95. The molecule has 0 aliphatic carbocycles. The minimum atomic E-state index is 0.333. The number of hydrogen-bond donors (Lipinski definition) is 1. The Morgan fingerprint density at radius 2 is 2.16 bits per heavy atom. The van der Waals surface area contributed by atoms with E-state index in [1.54, 1.807) is 0 Å². The van der Waals surface area contributed by atoms with Crippen molar-refractivity contribution in [2.75, 3.05) is 13.2 Å². The monoisotopic (exact) mass is 259 g/mol. The van der Waals surface area contributed by atoms with E-state index in [9.17, 15) is 0 Å². The fourth-order valence-electron chi connectivity index (χ4n) is 2.14. The van der Waals surface area contributed by atoms with Crippen LogP contribution < -0.4 is 0 Å². The maximum Gasteiger partial charge on any atom is 0.156 e. The lowest BCUT2D eigenvalue weighted by atomic mass is 10.1. The molecule has 0 saturated carbocycles. The highest BCUT2D eigenvalue weighted by molar-refractivity contribution is 5.13. The molecule has 2 heterocycles. The highest BCUT2D eigenvalue weighted by Gasteiger charge is 2.21. The first-order chi connectivity index (χ1) is 9.42. The molecule has 1 aliphatic rings. The number of aromatic nitrogens is 3. The minimum absolute atomic E-state index is 0.333. The lowest BCUT2D eigenvalue weighted by Crippen LogP contribution is -2.00. The summed E-state index contributed by atoms with van der Waals surface area (Å²) < 4.78 is 11.0.